The van der Waals surface area contributed by atoms with Crippen molar-refractivity contribution in [3.05, 3.63) is 59.7 Å². The molecule has 9 nitrogen and oxygen atoms in total. The van der Waals surface area contributed by atoms with Crippen LogP contribution in [0, 0.1) is 0 Å². The van der Waals surface area contributed by atoms with Crippen molar-refractivity contribution >= 4 is 23.9 Å². The topological polar surface area (TPSA) is 131 Å². The zero-order valence-electron chi connectivity index (χ0n) is 17.7. The highest BCUT2D eigenvalue weighted by atomic mass is 16.5. The van der Waals surface area contributed by atoms with E-state index in [1.54, 1.807) is 0 Å². The zero-order chi connectivity index (χ0) is 23.3. The second kappa shape index (κ2) is 9.95. The molecule has 168 valence electrons. The summed E-state index contributed by atoms with van der Waals surface area (Å²) in [4.78, 5) is 47.4. The molecule has 0 radical (unpaired) electrons. The minimum atomic E-state index is -1.42. The zero-order valence-corrected chi connectivity index (χ0v) is 17.7. The average molecular weight is 440 g/mol. The number of carbonyl (C=O) groups excluding carboxylic acids is 3. The normalized spacial score (nSPS) is 13.8. The summed E-state index contributed by atoms with van der Waals surface area (Å²) in [5.41, 5.74) is 4.18. The number of aliphatic carboxylic acids is 1. The van der Waals surface area contributed by atoms with E-state index in [1.807, 2.05) is 48.5 Å². The van der Waals surface area contributed by atoms with Gasteiger partial charge in [-0.3, -0.25) is 9.59 Å². The minimum absolute atomic E-state index is 0.0137. The molecular formula is C23H24N2O7. The van der Waals surface area contributed by atoms with Crippen LogP contribution < -0.4 is 10.6 Å². The highest BCUT2D eigenvalue weighted by Gasteiger charge is 2.31. The van der Waals surface area contributed by atoms with Crippen LogP contribution in [0.25, 0.3) is 11.1 Å². The lowest BCUT2D eigenvalue weighted by Crippen LogP contribution is -2.51. The fourth-order valence-electron chi connectivity index (χ4n) is 3.72. The van der Waals surface area contributed by atoms with Crippen LogP contribution in [-0.4, -0.2) is 54.8 Å². The van der Waals surface area contributed by atoms with Gasteiger partial charge in [-0.25, -0.2) is 9.59 Å². The number of carboxylic acid groups (broad SMARTS) is 1. The number of hydrogen-bond donors (Lipinski definition) is 3. The lowest BCUT2D eigenvalue weighted by molar-refractivity contribution is -0.145. The molecule has 9 heteroatoms. The standard InChI is InChI=1S/C23H24N2O7/c1-13(22(29)31-2)24-21(28)19(11-20(26)27)25-23(30)32-12-18-16-9-5-3-7-14(16)15-8-4-6-10-17(15)18/h3-10,13,18-19H,11-12H2,1-2H3,(H,24,28)(H,25,30)(H,26,27)/t13-,19?/m0/s1. The summed E-state index contributed by atoms with van der Waals surface area (Å²) in [5, 5.41) is 13.7. The first-order valence-corrected chi connectivity index (χ1v) is 10.0. The molecule has 0 spiro atoms. The predicted molar refractivity (Wildman–Crippen MR) is 114 cm³/mol. The maximum Gasteiger partial charge on any atom is 0.407 e. The molecule has 1 aliphatic carbocycles. The van der Waals surface area contributed by atoms with Crippen molar-refractivity contribution in [3.63, 3.8) is 0 Å². The Balaban J connectivity index is 1.66. The van der Waals surface area contributed by atoms with Crippen molar-refractivity contribution in [1.82, 2.24) is 10.6 Å². The third-order valence-electron chi connectivity index (χ3n) is 5.24. The van der Waals surface area contributed by atoms with Crippen molar-refractivity contribution in [3.8, 4) is 11.1 Å². The van der Waals surface area contributed by atoms with E-state index in [1.165, 1.54) is 6.92 Å². The van der Waals surface area contributed by atoms with Crippen molar-refractivity contribution < 1.29 is 33.8 Å². The molecule has 32 heavy (non-hydrogen) atoms. The second-order valence-corrected chi connectivity index (χ2v) is 7.37. The molecule has 2 amide bonds. The fraction of sp³-hybridized carbons (Fsp3) is 0.304. The van der Waals surface area contributed by atoms with Crippen LogP contribution in [0.3, 0.4) is 0 Å². The number of carboxylic acids is 1. The van der Waals surface area contributed by atoms with Gasteiger partial charge < -0.3 is 25.2 Å². The molecule has 0 aromatic heterocycles. The van der Waals surface area contributed by atoms with Crippen LogP contribution in [0.2, 0.25) is 0 Å². The Bertz CT molecular complexity index is 991. The summed E-state index contributed by atoms with van der Waals surface area (Å²) in [6, 6.07) is 13.2. The van der Waals surface area contributed by atoms with Crippen LogP contribution in [0.1, 0.15) is 30.4 Å². The number of fused-ring (bicyclic) bond motifs is 3. The molecule has 0 heterocycles. The van der Waals surface area contributed by atoms with Crippen molar-refractivity contribution in [2.75, 3.05) is 13.7 Å². The van der Waals surface area contributed by atoms with Gasteiger partial charge in [0.05, 0.1) is 13.5 Å². The van der Waals surface area contributed by atoms with Gasteiger partial charge in [-0.15, -0.1) is 0 Å². The number of rotatable bonds is 8. The molecule has 2 atom stereocenters. The van der Waals surface area contributed by atoms with Gasteiger partial charge in [0.2, 0.25) is 5.91 Å². The number of alkyl carbamates (subject to hydrolysis) is 1. The number of carbonyl (C=O) groups is 4. The predicted octanol–water partition coefficient (Wildman–Crippen LogP) is 2.05. The molecule has 2 aromatic rings. The van der Waals surface area contributed by atoms with E-state index in [0.717, 1.165) is 29.4 Å². The summed E-state index contributed by atoms with van der Waals surface area (Å²) in [6.45, 7) is 1.40. The molecule has 1 aliphatic rings. The molecule has 3 N–H and O–H groups in total. The lowest BCUT2D eigenvalue weighted by atomic mass is 9.98. The van der Waals surface area contributed by atoms with Crippen molar-refractivity contribution in [1.29, 1.82) is 0 Å². The van der Waals surface area contributed by atoms with E-state index in [-0.39, 0.29) is 12.5 Å². The number of ether oxygens (including phenoxy) is 2. The van der Waals surface area contributed by atoms with E-state index in [4.69, 9.17) is 9.84 Å². The Morgan fingerprint density at radius 2 is 1.53 bits per heavy atom. The van der Waals surface area contributed by atoms with E-state index in [2.05, 4.69) is 15.4 Å². The first-order valence-electron chi connectivity index (χ1n) is 10.0. The van der Waals surface area contributed by atoms with Crippen LogP contribution in [0.15, 0.2) is 48.5 Å². The van der Waals surface area contributed by atoms with E-state index >= 15 is 0 Å². The number of esters is 1. The lowest BCUT2D eigenvalue weighted by Gasteiger charge is -2.20. The van der Waals surface area contributed by atoms with Gasteiger partial charge in [-0.2, -0.15) is 0 Å². The Hall–Kier alpha value is -3.88. The average Bonchev–Trinajstić information content (AvgIpc) is 3.10. The molecule has 0 bridgehead atoms. The fourth-order valence-corrected chi connectivity index (χ4v) is 3.72. The maximum atomic E-state index is 12.4. The smallest absolute Gasteiger partial charge is 0.407 e. The van der Waals surface area contributed by atoms with Crippen LogP contribution in [0.4, 0.5) is 4.79 Å². The number of hydrogen-bond acceptors (Lipinski definition) is 6. The summed E-state index contributed by atoms with van der Waals surface area (Å²) in [7, 11) is 1.16. The highest BCUT2D eigenvalue weighted by molar-refractivity contribution is 5.92. The third-order valence-corrected chi connectivity index (χ3v) is 5.24. The SMILES string of the molecule is COC(=O)[C@H](C)NC(=O)C(CC(=O)O)NC(=O)OCC1c2ccccc2-c2ccccc21. The quantitative estimate of drug-likeness (QED) is 0.536. The Kier molecular flexibility index (Phi) is 7.09. The number of methoxy groups -OCH3 is 1. The Morgan fingerprint density at radius 3 is 2.06 bits per heavy atom. The van der Waals surface area contributed by atoms with E-state index < -0.39 is 42.4 Å². The molecule has 0 saturated carbocycles. The summed E-state index contributed by atoms with van der Waals surface area (Å²) >= 11 is 0. The molecule has 0 saturated heterocycles. The minimum Gasteiger partial charge on any atom is -0.481 e. The molecule has 2 aromatic carbocycles. The van der Waals surface area contributed by atoms with Crippen LogP contribution >= 0.6 is 0 Å². The molecule has 1 unspecified atom stereocenters. The number of benzene rings is 2. The Labute approximate surface area is 184 Å². The molecule has 3 rings (SSSR count). The van der Waals surface area contributed by atoms with Gasteiger partial charge in [0.15, 0.2) is 0 Å². The molecular weight excluding hydrogens is 416 g/mol. The van der Waals surface area contributed by atoms with Crippen molar-refractivity contribution in [2.45, 2.75) is 31.3 Å². The van der Waals surface area contributed by atoms with Gasteiger partial charge in [0, 0.05) is 5.92 Å². The summed E-state index contributed by atoms with van der Waals surface area (Å²) < 4.78 is 9.89. The number of nitrogens with one attached hydrogen (secondary N) is 2. The first kappa shape index (κ1) is 22.8. The maximum absolute atomic E-state index is 12.4. The molecule has 0 aliphatic heterocycles. The second-order valence-electron chi connectivity index (χ2n) is 7.37. The highest BCUT2D eigenvalue weighted by Crippen LogP contribution is 2.44. The largest absolute Gasteiger partial charge is 0.481 e. The van der Waals surface area contributed by atoms with Gasteiger partial charge in [-0.05, 0) is 29.2 Å². The summed E-state index contributed by atoms with van der Waals surface area (Å²) in [6.07, 6.45) is -1.61. The van der Waals surface area contributed by atoms with E-state index in [9.17, 15) is 19.2 Å². The van der Waals surface area contributed by atoms with Crippen LogP contribution in [0.5, 0.6) is 0 Å². The molecule has 0 fully saturated rings. The van der Waals surface area contributed by atoms with E-state index in [0.29, 0.717) is 0 Å². The monoisotopic (exact) mass is 440 g/mol. The van der Waals surface area contributed by atoms with Crippen molar-refractivity contribution in [2.24, 2.45) is 0 Å². The van der Waals surface area contributed by atoms with Gasteiger partial charge >= 0.3 is 18.0 Å². The first-order chi connectivity index (χ1) is 15.3. The summed E-state index contributed by atoms with van der Waals surface area (Å²) in [5.74, 6) is -3.01. The third kappa shape index (κ3) is 5.05. The van der Waals surface area contributed by atoms with Gasteiger partial charge in [0.1, 0.15) is 18.7 Å². The Morgan fingerprint density at radius 1 is 0.969 bits per heavy atom. The van der Waals surface area contributed by atoms with Crippen LogP contribution in [-0.2, 0) is 23.9 Å². The van der Waals surface area contributed by atoms with Gasteiger partial charge in [-0.1, -0.05) is 48.5 Å². The number of amides is 2. The van der Waals surface area contributed by atoms with Gasteiger partial charge in [0.25, 0.3) is 0 Å².